The summed E-state index contributed by atoms with van der Waals surface area (Å²) in [6, 6.07) is 0.887. The van der Waals surface area contributed by atoms with Gasteiger partial charge in [0.2, 0.25) is 0 Å². The Morgan fingerprint density at radius 1 is 1.20 bits per heavy atom. The molecule has 0 radical (unpaired) electrons. The zero-order chi connectivity index (χ0) is 11.2. The lowest BCUT2D eigenvalue weighted by molar-refractivity contribution is 0.332. The monoisotopic (exact) mass is 231 g/mol. The number of sulfone groups is 1. The lowest BCUT2D eigenvalue weighted by Crippen LogP contribution is -2.45. The first-order chi connectivity index (χ1) is 6.88. The van der Waals surface area contributed by atoms with Crippen LogP contribution in [0.3, 0.4) is 0 Å². The van der Waals surface area contributed by atoms with E-state index in [-0.39, 0.29) is 5.25 Å². The maximum absolute atomic E-state index is 11.6. The van der Waals surface area contributed by atoms with Crippen molar-refractivity contribution in [3.05, 3.63) is 0 Å². The Kier molecular flexibility index (Phi) is 2.84. The maximum atomic E-state index is 11.6. The lowest BCUT2D eigenvalue weighted by Gasteiger charge is -2.30. The van der Waals surface area contributed by atoms with Crippen molar-refractivity contribution in [3.63, 3.8) is 0 Å². The van der Waals surface area contributed by atoms with Crippen molar-refractivity contribution in [2.45, 2.75) is 50.4 Å². The first-order valence-electron chi connectivity index (χ1n) is 5.83. The zero-order valence-corrected chi connectivity index (χ0v) is 10.5. The predicted molar refractivity (Wildman–Crippen MR) is 61.5 cm³/mol. The molecule has 0 saturated heterocycles. The first kappa shape index (κ1) is 11.4. The molecule has 0 spiro atoms. The summed E-state index contributed by atoms with van der Waals surface area (Å²) in [5.74, 6) is 1.01. The molecule has 0 heterocycles. The molecule has 2 aliphatic carbocycles. The molecule has 4 atom stereocenters. The zero-order valence-electron chi connectivity index (χ0n) is 9.73. The second-order valence-electron chi connectivity index (χ2n) is 5.53. The molecule has 88 valence electrons. The Morgan fingerprint density at radius 3 is 2.33 bits per heavy atom. The summed E-state index contributed by atoms with van der Waals surface area (Å²) in [5, 5.41) is 3.43. The third-order valence-corrected chi connectivity index (χ3v) is 5.49. The van der Waals surface area contributed by atoms with Gasteiger partial charge in [0, 0.05) is 18.3 Å². The quantitative estimate of drug-likeness (QED) is 0.794. The average molecular weight is 231 g/mol. The highest BCUT2D eigenvalue weighted by Gasteiger charge is 2.49. The molecule has 0 aromatic rings. The van der Waals surface area contributed by atoms with Crippen molar-refractivity contribution in [1.29, 1.82) is 0 Å². The van der Waals surface area contributed by atoms with Gasteiger partial charge in [-0.2, -0.15) is 0 Å². The normalized spacial score (nSPS) is 40.3. The SMILES string of the molecule is CC(C)NC1CC2CC1C(S(C)(=O)=O)C2. The highest BCUT2D eigenvalue weighted by molar-refractivity contribution is 7.91. The smallest absolute Gasteiger partial charge is 0.150 e. The van der Waals surface area contributed by atoms with E-state index in [1.807, 2.05) is 0 Å². The summed E-state index contributed by atoms with van der Waals surface area (Å²) < 4.78 is 23.3. The molecular formula is C11H21NO2S. The molecule has 2 bridgehead atoms. The van der Waals surface area contributed by atoms with Gasteiger partial charge in [0.25, 0.3) is 0 Å². The first-order valence-corrected chi connectivity index (χ1v) is 7.78. The fourth-order valence-electron chi connectivity index (χ4n) is 3.40. The van der Waals surface area contributed by atoms with Crippen LogP contribution in [0.1, 0.15) is 33.1 Å². The fraction of sp³-hybridized carbons (Fsp3) is 1.00. The second kappa shape index (κ2) is 3.74. The second-order valence-corrected chi connectivity index (χ2v) is 7.80. The Morgan fingerprint density at radius 2 is 1.87 bits per heavy atom. The van der Waals surface area contributed by atoms with E-state index in [0.717, 1.165) is 12.8 Å². The Balaban J connectivity index is 2.09. The van der Waals surface area contributed by atoms with E-state index in [1.54, 1.807) is 0 Å². The van der Waals surface area contributed by atoms with Crippen LogP contribution in [0.25, 0.3) is 0 Å². The van der Waals surface area contributed by atoms with Gasteiger partial charge < -0.3 is 5.32 Å². The van der Waals surface area contributed by atoms with Crippen LogP contribution >= 0.6 is 0 Å². The summed E-state index contributed by atoms with van der Waals surface area (Å²) in [6.45, 7) is 4.25. The van der Waals surface area contributed by atoms with Gasteiger partial charge in [0.05, 0.1) is 5.25 Å². The van der Waals surface area contributed by atoms with Gasteiger partial charge in [-0.05, 0) is 31.1 Å². The molecule has 2 rings (SSSR count). The van der Waals surface area contributed by atoms with E-state index < -0.39 is 9.84 Å². The molecule has 2 saturated carbocycles. The van der Waals surface area contributed by atoms with Crippen molar-refractivity contribution in [1.82, 2.24) is 5.32 Å². The van der Waals surface area contributed by atoms with Crippen LogP contribution in [0.15, 0.2) is 0 Å². The molecule has 0 aromatic heterocycles. The molecular weight excluding hydrogens is 210 g/mol. The van der Waals surface area contributed by atoms with E-state index in [9.17, 15) is 8.42 Å². The molecule has 0 amide bonds. The standard InChI is InChI=1S/C11H21NO2S/c1-7(2)12-10-5-8-4-9(10)11(6-8)15(3,13)14/h7-12H,4-6H2,1-3H3. The summed E-state index contributed by atoms with van der Waals surface area (Å²) in [7, 11) is -2.84. The van der Waals surface area contributed by atoms with E-state index in [1.165, 1.54) is 12.7 Å². The predicted octanol–water partition coefficient (Wildman–Crippen LogP) is 1.20. The molecule has 2 aliphatic rings. The van der Waals surface area contributed by atoms with Crippen LogP contribution in [0.4, 0.5) is 0 Å². The van der Waals surface area contributed by atoms with Crippen molar-refractivity contribution < 1.29 is 8.42 Å². The van der Waals surface area contributed by atoms with E-state index >= 15 is 0 Å². The number of nitrogens with one attached hydrogen (secondary N) is 1. The van der Waals surface area contributed by atoms with Crippen LogP contribution in [0.5, 0.6) is 0 Å². The minimum atomic E-state index is -2.84. The molecule has 4 heteroatoms. The summed E-state index contributed by atoms with van der Waals surface area (Å²) in [5.41, 5.74) is 0. The lowest BCUT2D eigenvalue weighted by atomic mass is 9.94. The number of hydrogen-bond donors (Lipinski definition) is 1. The van der Waals surface area contributed by atoms with Gasteiger partial charge in [0.1, 0.15) is 0 Å². The summed E-state index contributed by atoms with van der Waals surface area (Å²) in [4.78, 5) is 0. The fourth-order valence-corrected chi connectivity index (χ4v) is 4.96. The van der Waals surface area contributed by atoms with Crippen LogP contribution in [-0.2, 0) is 9.84 Å². The van der Waals surface area contributed by atoms with Crippen LogP contribution in [0.2, 0.25) is 0 Å². The Hall–Kier alpha value is -0.0900. The van der Waals surface area contributed by atoms with Crippen LogP contribution in [-0.4, -0.2) is 32.0 Å². The minimum Gasteiger partial charge on any atom is -0.311 e. The largest absolute Gasteiger partial charge is 0.311 e. The number of fused-ring (bicyclic) bond motifs is 2. The molecule has 4 unspecified atom stereocenters. The third-order valence-electron chi connectivity index (χ3n) is 3.85. The number of rotatable bonds is 3. The van der Waals surface area contributed by atoms with E-state index in [2.05, 4.69) is 19.2 Å². The molecule has 0 aliphatic heterocycles. The van der Waals surface area contributed by atoms with Crippen molar-refractivity contribution in [2.24, 2.45) is 11.8 Å². The van der Waals surface area contributed by atoms with Gasteiger partial charge in [-0.1, -0.05) is 13.8 Å². The summed E-state index contributed by atoms with van der Waals surface area (Å²) in [6.07, 6.45) is 4.58. The summed E-state index contributed by atoms with van der Waals surface area (Å²) >= 11 is 0. The Labute approximate surface area is 92.6 Å². The third kappa shape index (κ3) is 2.21. The number of hydrogen-bond acceptors (Lipinski definition) is 3. The van der Waals surface area contributed by atoms with Crippen molar-refractivity contribution in [2.75, 3.05) is 6.26 Å². The van der Waals surface area contributed by atoms with Crippen LogP contribution < -0.4 is 5.32 Å². The van der Waals surface area contributed by atoms with Gasteiger partial charge in [-0.15, -0.1) is 0 Å². The van der Waals surface area contributed by atoms with Gasteiger partial charge in [0.15, 0.2) is 9.84 Å². The van der Waals surface area contributed by atoms with Crippen LogP contribution in [0, 0.1) is 11.8 Å². The highest BCUT2D eigenvalue weighted by atomic mass is 32.2. The van der Waals surface area contributed by atoms with Crippen molar-refractivity contribution in [3.8, 4) is 0 Å². The molecule has 2 fully saturated rings. The van der Waals surface area contributed by atoms with E-state index in [0.29, 0.717) is 23.9 Å². The highest BCUT2D eigenvalue weighted by Crippen LogP contribution is 2.47. The molecule has 0 aromatic carbocycles. The topological polar surface area (TPSA) is 46.2 Å². The molecule has 3 nitrogen and oxygen atoms in total. The van der Waals surface area contributed by atoms with E-state index in [4.69, 9.17) is 0 Å². The van der Waals surface area contributed by atoms with Gasteiger partial charge in [-0.3, -0.25) is 0 Å². The Bertz CT molecular complexity index is 336. The molecule has 15 heavy (non-hydrogen) atoms. The average Bonchev–Trinajstić information content (AvgIpc) is 2.58. The van der Waals surface area contributed by atoms with Crippen molar-refractivity contribution >= 4 is 9.84 Å². The minimum absolute atomic E-state index is 0.0764. The maximum Gasteiger partial charge on any atom is 0.150 e. The van der Waals surface area contributed by atoms with Gasteiger partial charge in [-0.25, -0.2) is 8.42 Å². The van der Waals surface area contributed by atoms with Gasteiger partial charge >= 0.3 is 0 Å². The molecule has 1 N–H and O–H groups in total.